The lowest BCUT2D eigenvalue weighted by molar-refractivity contribution is -0.123. The Morgan fingerprint density at radius 3 is 2.83 bits per heavy atom. The molecule has 5 nitrogen and oxygen atoms in total. The van der Waals surface area contributed by atoms with Crippen molar-refractivity contribution in [2.45, 2.75) is 44.9 Å². The minimum absolute atomic E-state index is 0.0250. The highest BCUT2D eigenvalue weighted by Gasteiger charge is 2.43. The predicted octanol–water partition coefficient (Wildman–Crippen LogP) is 1.83. The highest BCUT2D eigenvalue weighted by Crippen LogP contribution is 2.33. The molecule has 1 aromatic carbocycles. The number of aliphatic hydroxyl groups is 1. The number of halogens is 1. The van der Waals surface area contributed by atoms with E-state index in [0.717, 1.165) is 12.0 Å². The standard InChI is InChI=1S/C18H25FN2O3/c1-2-24-17-10-14(17)18(23)20-11-12-3-4-16(15(19)9-12)21-7-5-13(22)6-8-21/h3-4,9,13-14,17,22H,2,5-8,10-11H2,1H3,(H,20,23). The third-order valence-electron chi connectivity index (χ3n) is 4.73. The molecule has 2 fully saturated rings. The Bertz CT molecular complexity index is 588. The summed E-state index contributed by atoms with van der Waals surface area (Å²) in [5.41, 5.74) is 1.31. The van der Waals surface area contributed by atoms with Crippen molar-refractivity contribution in [3.63, 3.8) is 0 Å². The minimum Gasteiger partial charge on any atom is -0.393 e. The van der Waals surface area contributed by atoms with Crippen molar-refractivity contribution in [2.24, 2.45) is 5.92 Å². The average Bonchev–Trinajstić information content (AvgIpc) is 3.34. The molecule has 2 atom stereocenters. The van der Waals surface area contributed by atoms with Crippen LogP contribution in [0.4, 0.5) is 10.1 Å². The maximum atomic E-state index is 14.4. The SMILES string of the molecule is CCOC1CC1C(=O)NCc1ccc(N2CCC(O)CC2)c(F)c1. The van der Waals surface area contributed by atoms with Crippen molar-refractivity contribution >= 4 is 11.6 Å². The number of benzene rings is 1. The summed E-state index contributed by atoms with van der Waals surface area (Å²) in [6.45, 7) is 4.18. The molecule has 1 heterocycles. The van der Waals surface area contributed by atoms with Crippen molar-refractivity contribution in [3.05, 3.63) is 29.6 Å². The van der Waals surface area contributed by atoms with Gasteiger partial charge >= 0.3 is 0 Å². The van der Waals surface area contributed by atoms with E-state index >= 15 is 0 Å². The molecule has 1 aliphatic carbocycles. The van der Waals surface area contributed by atoms with Crippen LogP contribution >= 0.6 is 0 Å². The first-order valence-electron chi connectivity index (χ1n) is 8.69. The second-order valence-electron chi connectivity index (χ2n) is 6.56. The third kappa shape index (κ3) is 4.05. The van der Waals surface area contributed by atoms with Gasteiger partial charge in [0.15, 0.2) is 0 Å². The summed E-state index contributed by atoms with van der Waals surface area (Å²) in [5, 5.41) is 12.4. The van der Waals surface area contributed by atoms with Crippen LogP contribution in [0.1, 0.15) is 31.7 Å². The number of carbonyl (C=O) groups is 1. The summed E-state index contributed by atoms with van der Waals surface area (Å²) in [4.78, 5) is 13.9. The highest BCUT2D eigenvalue weighted by molar-refractivity contribution is 5.82. The number of hydrogen-bond donors (Lipinski definition) is 2. The van der Waals surface area contributed by atoms with Gasteiger partial charge in [0.25, 0.3) is 0 Å². The zero-order valence-corrected chi connectivity index (χ0v) is 14.0. The van der Waals surface area contributed by atoms with Gasteiger partial charge in [-0.1, -0.05) is 6.07 Å². The number of amides is 1. The molecule has 1 amide bonds. The molecule has 0 radical (unpaired) electrons. The van der Waals surface area contributed by atoms with Crippen LogP contribution in [0.15, 0.2) is 18.2 Å². The maximum absolute atomic E-state index is 14.4. The van der Waals surface area contributed by atoms with E-state index < -0.39 is 0 Å². The fourth-order valence-corrected chi connectivity index (χ4v) is 3.19. The molecule has 0 bridgehead atoms. The summed E-state index contributed by atoms with van der Waals surface area (Å²) >= 11 is 0. The van der Waals surface area contributed by atoms with Gasteiger partial charge in [-0.2, -0.15) is 0 Å². The van der Waals surface area contributed by atoms with Gasteiger partial charge in [0.1, 0.15) is 5.82 Å². The largest absolute Gasteiger partial charge is 0.393 e. The lowest BCUT2D eigenvalue weighted by Gasteiger charge is -2.31. The molecule has 0 spiro atoms. The number of nitrogens with one attached hydrogen (secondary N) is 1. The van der Waals surface area contributed by atoms with Gasteiger partial charge in [0, 0.05) is 26.2 Å². The van der Waals surface area contributed by atoms with Crippen LogP contribution in [0.25, 0.3) is 0 Å². The fraction of sp³-hybridized carbons (Fsp3) is 0.611. The molecule has 1 aromatic rings. The number of hydrogen-bond acceptors (Lipinski definition) is 4. The Balaban J connectivity index is 1.52. The first-order chi connectivity index (χ1) is 11.6. The summed E-state index contributed by atoms with van der Waals surface area (Å²) < 4.78 is 19.8. The summed E-state index contributed by atoms with van der Waals surface area (Å²) in [6, 6.07) is 5.08. The second-order valence-corrected chi connectivity index (χ2v) is 6.56. The first kappa shape index (κ1) is 17.2. The topological polar surface area (TPSA) is 61.8 Å². The Hall–Kier alpha value is -1.66. The number of aliphatic hydroxyl groups excluding tert-OH is 1. The first-order valence-corrected chi connectivity index (χ1v) is 8.69. The number of nitrogens with zero attached hydrogens (tertiary/aromatic N) is 1. The van der Waals surface area contributed by atoms with Gasteiger partial charge in [0.2, 0.25) is 5.91 Å². The van der Waals surface area contributed by atoms with E-state index in [1.165, 1.54) is 6.07 Å². The zero-order chi connectivity index (χ0) is 17.1. The van der Waals surface area contributed by atoms with E-state index in [1.54, 1.807) is 6.07 Å². The van der Waals surface area contributed by atoms with Crippen LogP contribution in [0.5, 0.6) is 0 Å². The van der Waals surface area contributed by atoms with Crippen molar-refractivity contribution in [2.75, 3.05) is 24.6 Å². The van der Waals surface area contributed by atoms with Gasteiger partial charge in [-0.25, -0.2) is 4.39 Å². The second kappa shape index (κ2) is 7.49. The Kier molecular flexibility index (Phi) is 5.36. The van der Waals surface area contributed by atoms with E-state index in [0.29, 0.717) is 44.8 Å². The zero-order valence-electron chi connectivity index (χ0n) is 14.0. The van der Waals surface area contributed by atoms with Gasteiger partial charge in [-0.05, 0) is 43.9 Å². The van der Waals surface area contributed by atoms with Gasteiger partial charge < -0.3 is 20.1 Å². The number of ether oxygens (including phenoxy) is 1. The lowest BCUT2D eigenvalue weighted by Crippen LogP contribution is -2.36. The highest BCUT2D eigenvalue weighted by atomic mass is 19.1. The fourth-order valence-electron chi connectivity index (χ4n) is 3.19. The van der Waals surface area contributed by atoms with E-state index in [1.807, 2.05) is 17.9 Å². The summed E-state index contributed by atoms with van der Waals surface area (Å²) in [5.74, 6) is -0.367. The van der Waals surface area contributed by atoms with Crippen molar-refractivity contribution in [1.82, 2.24) is 5.32 Å². The van der Waals surface area contributed by atoms with Crippen LogP contribution < -0.4 is 10.2 Å². The van der Waals surface area contributed by atoms with Crippen LogP contribution in [-0.4, -0.2) is 42.9 Å². The van der Waals surface area contributed by atoms with E-state index in [2.05, 4.69) is 5.32 Å². The molecule has 1 saturated heterocycles. The molecule has 1 aliphatic heterocycles. The quantitative estimate of drug-likeness (QED) is 0.832. The van der Waals surface area contributed by atoms with Crippen LogP contribution in [0.3, 0.4) is 0 Å². The molecule has 2 aliphatic rings. The molecular formula is C18H25FN2O3. The lowest BCUT2D eigenvalue weighted by atomic mass is 10.1. The van der Waals surface area contributed by atoms with E-state index in [-0.39, 0.29) is 29.9 Å². The van der Waals surface area contributed by atoms with Crippen LogP contribution in [0, 0.1) is 11.7 Å². The smallest absolute Gasteiger partial charge is 0.226 e. The molecule has 1 saturated carbocycles. The summed E-state index contributed by atoms with van der Waals surface area (Å²) in [6.07, 6.45) is 1.87. The van der Waals surface area contributed by atoms with Gasteiger partial charge in [0.05, 0.1) is 23.8 Å². The van der Waals surface area contributed by atoms with Crippen molar-refractivity contribution < 1.29 is 19.0 Å². The van der Waals surface area contributed by atoms with Crippen molar-refractivity contribution in [1.29, 1.82) is 0 Å². The molecule has 24 heavy (non-hydrogen) atoms. The molecule has 0 aromatic heterocycles. The van der Waals surface area contributed by atoms with Gasteiger partial charge in [-0.3, -0.25) is 4.79 Å². The molecule has 6 heteroatoms. The summed E-state index contributed by atoms with van der Waals surface area (Å²) in [7, 11) is 0. The number of anilines is 1. The van der Waals surface area contributed by atoms with E-state index in [9.17, 15) is 14.3 Å². The molecule has 3 rings (SSSR count). The third-order valence-corrected chi connectivity index (χ3v) is 4.73. The number of piperidine rings is 1. The Morgan fingerprint density at radius 2 is 2.17 bits per heavy atom. The number of carbonyl (C=O) groups excluding carboxylic acids is 1. The predicted molar refractivity (Wildman–Crippen MR) is 89.2 cm³/mol. The monoisotopic (exact) mass is 336 g/mol. The normalized spacial score (nSPS) is 24.0. The average molecular weight is 336 g/mol. The van der Waals surface area contributed by atoms with Crippen molar-refractivity contribution in [3.8, 4) is 0 Å². The number of rotatable bonds is 6. The molecular weight excluding hydrogens is 311 g/mol. The Morgan fingerprint density at radius 1 is 1.42 bits per heavy atom. The Labute approximate surface area is 141 Å². The maximum Gasteiger partial charge on any atom is 0.226 e. The van der Waals surface area contributed by atoms with Crippen LogP contribution in [-0.2, 0) is 16.1 Å². The van der Waals surface area contributed by atoms with Crippen LogP contribution in [0.2, 0.25) is 0 Å². The molecule has 132 valence electrons. The molecule has 2 unspecified atom stereocenters. The molecule has 2 N–H and O–H groups in total. The van der Waals surface area contributed by atoms with E-state index in [4.69, 9.17) is 4.74 Å². The van der Waals surface area contributed by atoms with Gasteiger partial charge in [-0.15, -0.1) is 0 Å². The minimum atomic E-state index is -0.281.